The molecule has 0 aliphatic carbocycles. The van der Waals surface area contributed by atoms with Gasteiger partial charge in [-0.2, -0.15) is 5.10 Å². The van der Waals surface area contributed by atoms with E-state index in [0.29, 0.717) is 12.5 Å². The number of fused-ring (bicyclic) bond motifs is 1. The van der Waals surface area contributed by atoms with Crippen LogP contribution in [-0.2, 0) is 4.79 Å². The third-order valence-corrected chi connectivity index (χ3v) is 5.84. The summed E-state index contributed by atoms with van der Waals surface area (Å²) in [6, 6.07) is 7.81. The molecule has 7 heteroatoms. The van der Waals surface area contributed by atoms with Crippen molar-refractivity contribution in [3.05, 3.63) is 41.7 Å². The molecule has 0 spiro atoms. The molecule has 1 aromatic carbocycles. The number of likely N-dealkylation sites (tertiary alicyclic amines) is 1. The first-order valence-electron chi connectivity index (χ1n) is 9.68. The topological polar surface area (TPSA) is 96.3 Å². The first-order chi connectivity index (χ1) is 13.1. The highest BCUT2D eigenvalue weighted by atomic mass is 16.5. The standard InChI is InChI=1S/C20H27N5O2/c1-13(25-9-6-14(7-10-25)19-16(21)12-22-24-19)20(26)23-17-8-11-27-18-5-3-2-4-15(17)18/h2-5,12-14,17H,6-11,21H2,1H3,(H,22,24)(H,23,26). The summed E-state index contributed by atoms with van der Waals surface area (Å²) in [6.45, 7) is 4.38. The zero-order chi connectivity index (χ0) is 18.8. The van der Waals surface area contributed by atoms with Crippen LogP contribution in [0.4, 0.5) is 5.69 Å². The number of anilines is 1. The van der Waals surface area contributed by atoms with E-state index in [-0.39, 0.29) is 18.0 Å². The van der Waals surface area contributed by atoms with Crippen LogP contribution in [0.1, 0.15) is 49.4 Å². The fraction of sp³-hybridized carbons (Fsp3) is 0.500. The van der Waals surface area contributed by atoms with Gasteiger partial charge < -0.3 is 15.8 Å². The van der Waals surface area contributed by atoms with Gasteiger partial charge in [-0.15, -0.1) is 0 Å². The number of para-hydroxylation sites is 1. The number of ether oxygens (including phenoxy) is 1. The van der Waals surface area contributed by atoms with E-state index < -0.39 is 0 Å². The Morgan fingerprint density at radius 3 is 2.85 bits per heavy atom. The number of H-pyrrole nitrogens is 1. The van der Waals surface area contributed by atoms with Crippen molar-refractivity contribution < 1.29 is 9.53 Å². The molecule has 3 heterocycles. The number of aromatic nitrogens is 2. The molecule has 4 N–H and O–H groups in total. The summed E-state index contributed by atoms with van der Waals surface area (Å²) < 4.78 is 5.69. The maximum atomic E-state index is 12.9. The lowest BCUT2D eigenvalue weighted by atomic mass is 9.92. The van der Waals surface area contributed by atoms with E-state index in [1.54, 1.807) is 6.20 Å². The number of amides is 1. The quantitative estimate of drug-likeness (QED) is 0.768. The number of nitrogens with one attached hydrogen (secondary N) is 2. The molecule has 1 aromatic heterocycles. The van der Waals surface area contributed by atoms with Crippen LogP contribution in [0.3, 0.4) is 0 Å². The van der Waals surface area contributed by atoms with Crippen molar-refractivity contribution in [3.63, 3.8) is 0 Å². The zero-order valence-corrected chi connectivity index (χ0v) is 15.6. The summed E-state index contributed by atoms with van der Waals surface area (Å²) in [7, 11) is 0. The Bertz CT molecular complexity index is 797. The molecule has 2 aliphatic rings. The first kappa shape index (κ1) is 17.9. The predicted octanol–water partition coefficient (Wildman–Crippen LogP) is 2.20. The summed E-state index contributed by atoms with van der Waals surface area (Å²) in [5.74, 6) is 1.34. The summed E-state index contributed by atoms with van der Waals surface area (Å²) in [6.07, 6.45) is 4.42. The zero-order valence-electron chi connectivity index (χ0n) is 15.6. The highest BCUT2D eigenvalue weighted by molar-refractivity contribution is 5.82. The van der Waals surface area contributed by atoms with E-state index in [9.17, 15) is 4.79 Å². The van der Waals surface area contributed by atoms with E-state index in [4.69, 9.17) is 10.5 Å². The van der Waals surface area contributed by atoms with Crippen molar-refractivity contribution in [1.82, 2.24) is 20.4 Å². The first-order valence-corrected chi connectivity index (χ1v) is 9.68. The Kier molecular flexibility index (Phi) is 5.03. The average molecular weight is 369 g/mol. The van der Waals surface area contributed by atoms with Gasteiger partial charge in [0.15, 0.2) is 0 Å². The highest BCUT2D eigenvalue weighted by Crippen LogP contribution is 2.33. The number of nitrogens with two attached hydrogens (primary N) is 1. The third kappa shape index (κ3) is 3.64. The SMILES string of the molecule is CC(C(=O)NC1CCOc2ccccc21)N1CCC(c2[nH]ncc2N)CC1. The smallest absolute Gasteiger partial charge is 0.237 e. The molecule has 2 aliphatic heterocycles. The number of hydrogen-bond donors (Lipinski definition) is 3. The molecule has 1 saturated heterocycles. The van der Waals surface area contributed by atoms with Crippen LogP contribution in [0.15, 0.2) is 30.5 Å². The van der Waals surface area contributed by atoms with Crippen LogP contribution in [0.25, 0.3) is 0 Å². The third-order valence-electron chi connectivity index (χ3n) is 5.84. The van der Waals surface area contributed by atoms with Crippen LogP contribution in [0.5, 0.6) is 5.75 Å². The number of carbonyl (C=O) groups excluding carboxylic acids is 1. The van der Waals surface area contributed by atoms with Gasteiger partial charge >= 0.3 is 0 Å². The van der Waals surface area contributed by atoms with Crippen LogP contribution in [0.2, 0.25) is 0 Å². The number of benzene rings is 1. The minimum Gasteiger partial charge on any atom is -0.493 e. The second-order valence-corrected chi connectivity index (χ2v) is 7.46. The molecule has 2 unspecified atom stereocenters. The molecule has 0 saturated carbocycles. The number of hydrogen-bond acceptors (Lipinski definition) is 5. The molecular weight excluding hydrogens is 342 g/mol. The van der Waals surface area contributed by atoms with Gasteiger partial charge in [0.05, 0.1) is 36.3 Å². The van der Waals surface area contributed by atoms with Crippen LogP contribution < -0.4 is 15.8 Å². The lowest BCUT2D eigenvalue weighted by Gasteiger charge is -2.36. The largest absolute Gasteiger partial charge is 0.493 e. The number of piperidine rings is 1. The van der Waals surface area contributed by atoms with Crippen molar-refractivity contribution >= 4 is 11.6 Å². The molecule has 144 valence electrons. The Morgan fingerprint density at radius 1 is 1.33 bits per heavy atom. The lowest BCUT2D eigenvalue weighted by molar-refractivity contribution is -0.127. The van der Waals surface area contributed by atoms with Gasteiger partial charge in [0.2, 0.25) is 5.91 Å². The molecule has 0 bridgehead atoms. The van der Waals surface area contributed by atoms with E-state index in [1.165, 1.54) is 0 Å². The molecule has 0 radical (unpaired) electrons. The van der Waals surface area contributed by atoms with Crippen molar-refractivity contribution in [2.75, 3.05) is 25.4 Å². The Labute approximate surface area is 159 Å². The van der Waals surface area contributed by atoms with Crippen molar-refractivity contribution in [1.29, 1.82) is 0 Å². The summed E-state index contributed by atoms with van der Waals surface area (Å²) in [5.41, 5.74) is 8.81. The van der Waals surface area contributed by atoms with E-state index in [0.717, 1.165) is 55.0 Å². The normalized spacial score (nSPS) is 21.9. The van der Waals surface area contributed by atoms with Gasteiger partial charge in [-0.25, -0.2) is 0 Å². The predicted molar refractivity (Wildman–Crippen MR) is 103 cm³/mol. The highest BCUT2D eigenvalue weighted by Gasteiger charge is 2.30. The number of nitrogen functional groups attached to an aromatic ring is 1. The number of aromatic amines is 1. The Hall–Kier alpha value is -2.54. The van der Waals surface area contributed by atoms with Gasteiger partial charge in [-0.05, 0) is 38.9 Å². The lowest BCUT2D eigenvalue weighted by Crippen LogP contribution is -2.49. The minimum absolute atomic E-state index is 0.0206. The molecule has 2 atom stereocenters. The monoisotopic (exact) mass is 369 g/mol. The molecule has 1 fully saturated rings. The summed E-state index contributed by atoms with van der Waals surface area (Å²) in [4.78, 5) is 15.1. The maximum Gasteiger partial charge on any atom is 0.237 e. The molecule has 1 amide bonds. The van der Waals surface area contributed by atoms with Crippen LogP contribution >= 0.6 is 0 Å². The van der Waals surface area contributed by atoms with E-state index in [1.807, 2.05) is 31.2 Å². The van der Waals surface area contributed by atoms with Gasteiger partial charge in [0.25, 0.3) is 0 Å². The van der Waals surface area contributed by atoms with Gasteiger partial charge in [0.1, 0.15) is 5.75 Å². The number of rotatable bonds is 4. The second-order valence-electron chi connectivity index (χ2n) is 7.46. The van der Waals surface area contributed by atoms with Crippen molar-refractivity contribution in [3.8, 4) is 5.75 Å². The number of nitrogens with zero attached hydrogens (tertiary/aromatic N) is 2. The second kappa shape index (κ2) is 7.60. The van der Waals surface area contributed by atoms with Gasteiger partial charge in [-0.1, -0.05) is 18.2 Å². The Balaban J connectivity index is 1.35. The molecule has 27 heavy (non-hydrogen) atoms. The molecular formula is C20H27N5O2. The molecule has 4 rings (SSSR count). The van der Waals surface area contributed by atoms with E-state index in [2.05, 4.69) is 20.4 Å². The number of carbonyl (C=O) groups is 1. The maximum absolute atomic E-state index is 12.9. The van der Waals surface area contributed by atoms with Crippen LogP contribution in [-0.4, -0.2) is 46.7 Å². The van der Waals surface area contributed by atoms with Crippen LogP contribution in [0, 0.1) is 0 Å². The summed E-state index contributed by atoms with van der Waals surface area (Å²) >= 11 is 0. The fourth-order valence-electron chi connectivity index (χ4n) is 4.16. The average Bonchev–Trinajstić information content (AvgIpc) is 3.13. The summed E-state index contributed by atoms with van der Waals surface area (Å²) in [5, 5.41) is 10.3. The Morgan fingerprint density at radius 2 is 2.11 bits per heavy atom. The van der Waals surface area contributed by atoms with E-state index >= 15 is 0 Å². The van der Waals surface area contributed by atoms with Crippen molar-refractivity contribution in [2.45, 2.75) is 44.2 Å². The van der Waals surface area contributed by atoms with Gasteiger partial charge in [0, 0.05) is 17.9 Å². The molecule has 7 nitrogen and oxygen atoms in total. The minimum atomic E-state index is -0.153. The van der Waals surface area contributed by atoms with Gasteiger partial charge in [-0.3, -0.25) is 14.8 Å². The molecule has 2 aromatic rings. The van der Waals surface area contributed by atoms with Crippen molar-refractivity contribution in [2.24, 2.45) is 0 Å². The fourth-order valence-corrected chi connectivity index (χ4v) is 4.16.